The Balaban J connectivity index is 1.53. The van der Waals surface area contributed by atoms with E-state index >= 15 is 0 Å². The molecular formula is C24H25ClF3N3O2. The van der Waals surface area contributed by atoms with E-state index in [9.17, 15) is 13.2 Å². The summed E-state index contributed by atoms with van der Waals surface area (Å²) in [7, 11) is 0. The standard InChI is InChI=1S/C24H25ClF3N3O2/c25-21-5-3-4-18-6-11-22(29-23(18)21)31(13-2-1-12-30-14-16-32-17-15-30)19-7-9-20(10-8-19)33-24(26,27)28/h3-11H,1-2,12-17H2. The topological polar surface area (TPSA) is 37.8 Å². The highest BCUT2D eigenvalue weighted by Gasteiger charge is 2.31. The molecule has 1 aliphatic rings. The molecule has 176 valence electrons. The first-order valence-corrected chi connectivity index (χ1v) is 11.3. The number of alkyl halides is 3. The molecular weight excluding hydrogens is 455 g/mol. The van der Waals surface area contributed by atoms with Crippen LogP contribution in [0.1, 0.15) is 12.8 Å². The third-order valence-corrected chi connectivity index (χ3v) is 5.83. The zero-order valence-electron chi connectivity index (χ0n) is 18.0. The van der Waals surface area contributed by atoms with Crippen LogP contribution in [-0.4, -0.2) is 55.6 Å². The van der Waals surface area contributed by atoms with E-state index in [-0.39, 0.29) is 5.75 Å². The molecule has 0 amide bonds. The molecule has 2 heterocycles. The van der Waals surface area contributed by atoms with E-state index in [1.165, 1.54) is 12.1 Å². The highest BCUT2D eigenvalue weighted by Crippen LogP contribution is 2.31. The maximum atomic E-state index is 12.5. The molecule has 0 saturated carbocycles. The molecule has 1 aliphatic heterocycles. The molecule has 0 atom stereocenters. The lowest BCUT2D eigenvalue weighted by atomic mass is 10.2. The smallest absolute Gasteiger partial charge is 0.406 e. The number of fused-ring (bicyclic) bond motifs is 1. The minimum atomic E-state index is -4.72. The van der Waals surface area contributed by atoms with Gasteiger partial charge in [-0.3, -0.25) is 4.90 Å². The molecule has 0 aliphatic carbocycles. The number of nitrogens with zero attached hydrogens (tertiary/aromatic N) is 3. The molecule has 0 radical (unpaired) electrons. The minimum Gasteiger partial charge on any atom is -0.406 e. The third-order valence-electron chi connectivity index (χ3n) is 5.52. The number of anilines is 2. The van der Waals surface area contributed by atoms with Gasteiger partial charge >= 0.3 is 6.36 Å². The van der Waals surface area contributed by atoms with Crippen LogP contribution in [0.15, 0.2) is 54.6 Å². The van der Waals surface area contributed by atoms with Crippen LogP contribution in [-0.2, 0) is 4.74 Å². The van der Waals surface area contributed by atoms with Crippen LogP contribution in [0.25, 0.3) is 10.9 Å². The van der Waals surface area contributed by atoms with E-state index in [0.717, 1.165) is 56.8 Å². The number of morpholine rings is 1. The number of aromatic nitrogens is 1. The van der Waals surface area contributed by atoms with Gasteiger partial charge in [0.25, 0.3) is 0 Å². The van der Waals surface area contributed by atoms with Crippen molar-refractivity contribution in [1.29, 1.82) is 0 Å². The average molecular weight is 480 g/mol. The number of halogens is 4. The van der Waals surface area contributed by atoms with Crippen molar-refractivity contribution in [2.45, 2.75) is 19.2 Å². The van der Waals surface area contributed by atoms with E-state index < -0.39 is 6.36 Å². The first-order chi connectivity index (χ1) is 15.9. The van der Waals surface area contributed by atoms with Gasteiger partial charge in [0, 0.05) is 30.7 Å². The molecule has 3 aromatic rings. The number of hydrogen-bond donors (Lipinski definition) is 0. The van der Waals surface area contributed by atoms with Gasteiger partial charge in [0.1, 0.15) is 11.6 Å². The second-order valence-electron chi connectivity index (χ2n) is 7.84. The van der Waals surface area contributed by atoms with Gasteiger partial charge in [0.15, 0.2) is 0 Å². The van der Waals surface area contributed by atoms with Crippen molar-refractivity contribution in [2.24, 2.45) is 0 Å². The van der Waals surface area contributed by atoms with Crippen molar-refractivity contribution in [3.63, 3.8) is 0 Å². The van der Waals surface area contributed by atoms with E-state index in [1.807, 2.05) is 29.2 Å². The maximum absolute atomic E-state index is 12.5. The van der Waals surface area contributed by atoms with Gasteiger partial charge in [0.05, 0.1) is 23.8 Å². The minimum absolute atomic E-state index is 0.256. The van der Waals surface area contributed by atoms with E-state index in [4.69, 9.17) is 21.3 Å². The molecule has 9 heteroatoms. The summed E-state index contributed by atoms with van der Waals surface area (Å²) in [4.78, 5) is 9.14. The van der Waals surface area contributed by atoms with Gasteiger partial charge < -0.3 is 14.4 Å². The second kappa shape index (κ2) is 10.6. The van der Waals surface area contributed by atoms with Crippen LogP contribution < -0.4 is 9.64 Å². The molecule has 2 aromatic carbocycles. The lowest BCUT2D eigenvalue weighted by Crippen LogP contribution is -2.37. The molecule has 0 spiro atoms. The molecule has 1 saturated heterocycles. The highest BCUT2D eigenvalue weighted by molar-refractivity contribution is 6.35. The Morgan fingerprint density at radius 3 is 2.48 bits per heavy atom. The van der Waals surface area contributed by atoms with Gasteiger partial charge in [-0.15, -0.1) is 13.2 Å². The first-order valence-electron chi connectivity index (χ1n) is 10.9. The predicted octanol–water partition coefficient (Wildman–Crippen LogP) is 6.04. The summed E-state index contributed by atoms with van der Waals surface area (Å²) in [6.07, 6.45) is -2.85. The number of benzene rings is 2. The summed E-state index contributed by atoms with van der Waals surface area (Å²) in [6, 6.07) is 15.3. The van der Waals surface area contributed by atoms with Gasteiger partial charge in [-0.1, -0.05) is 23.7 Å². The van der Waals surface area contributed by atoms with Crippen molar-refractivity contribution in [2.75, 3.05) is 44.3 Å². The summed E-state index contributed by atoms with van der Waals surface area (Å²) in [6.45, 7) is 5.05. The molecule has 5 nitrogen and oxygen atoms in total. The van der Waals surface area contributed by atoms with Crippen molar-refractivity contribution < 1.29 is 22.6 Å². The van der Waals surface area contributed by atoms with Crippen LogP contribution >= 0.6 is 11.6 Å². The van der Waals surface area contributed by atoms with Crippen LogP contribution in [0.4, 0.5) is 24.7 Å². The molecule has 4 rings (SSSR count). The fourth-order valence-corrected chi connectivity index (χ4v) is 4.11. The van der Waals surface area contributed by atoms with Crippen molar-refractivity contribution in [1.82, 2.24) is 9.88 Å². The molecule has 0 N–H and O–H groups in total. The fourth-order valence-electron chi connectivity index (χ4n) is 3.88. The van der Waals surface area contributed by atoms with Crippen LogP contribution in [0, 0.1) is 0 Å². The van der Waals surface area contributed by atoms with Crippen molar-refractivity contribution >= 4 is 34.0 Å². The molecule has 0 unspecified atom stereocenters. The third kappa shape index (κ3) is 6.50. The molecule has 0 bridgehead atoms. The number of ether oxygens (including phenoxy) is 2. The van der Waals surface area contributed by atoms with Crippen LogP contribution in [0.5, 0.6) is 5.75 Å². The van der Waals surface area contributed by atoms with Gasteiger partial charge in [-0.2, -0.15) is 0 Å². The van der Waals surface area contributed by atoms with E-state index in [0.29, 0.717) is 22.9 Å². The first kappa shape index (κ1) is 23.6. The fraction of sp³-hybridized carbons (Fsp3) is 0.375. The monoisotopic (exact) mass is 479 g/mol. The zero-order chi connectivity index (χ0) is 23.3. The lowest BCUT2D eigenvalue weighted by Gasteiger charge is -2.28. The molecule has 1 fully saturated rings. The summed E-state index contributed by atoms with van der Waals surface area (Å²) >= 11 is 6.35. The quantitative estimate of drug-likeness (QED) is 0.368. The molecule has 33 heavy (non-hydrogen) atoms. The van der Waals surface area contributed by atoms with Gasteiger partial charge in [0.2, 0.25) is 0 Å². The van der Waals surface area contributed by atoms with E-state index in [1.54, 1.807) is 18.2 Å². The zero-order valence-corrected chi connectivity index (χ0v) is 18.8. The summed E-state index contributed by atoms with van der Waals surface area (Å²) in [5, 5.41) is 1.47. The number of hydrogen-bond acceptors (Lipinski definition) is 5. The van der Waals surface area contributed by atoms with Gasteiger partial charge in [-0.25, -0.2) is 4.98 Å². The van der Waals surface area contributed by atoms with Crippen LogP contribution in [0.2, 0.25) is 5.02 Å². The number of rotatable bonds is 8. The van der Waals surface area contributed by atoms with Crippen LogP contribution in [0.3, 0.4) is 0 Å². The lowest BCUT2D eigenvalue weighted by molar-refractivity contribution is -0.274. The Kier molecular flexibility index (Phi) is 7.57. The Bertz CT molecular complexity index is 1060. The Morgan fingerprint density at radius 1 is 1.00 bits per heavy atom. The summed E-state index contributed by atoms with van der Waals surface area (Å²) < 4.78 is 47.0. The van der Waals surface area contributed by atoms with Crippen molar-refractivity contribution in [3.05, 3.63) is 59.6 Å². The molecule has 1 aromatic heterocycles. The SMILES string of the molecule is FC(F)(F)Oc1ccc(N(CCCCN2CCOCC2)c2ccc3cccc(Cl)c3n2)cc1. The van der Waals surface area contributed by atoms with E-state index in [2.05, 4.69) is 9.64 Å². The maximum Gasteiger partial charge on any atom is 0.573 e. The highest BCUT2D eigenvalue weighted by atomic mass is 35.5. The predicted molar refractivity (Wildman–Crippen MR) is 123 cm³/mol. The summed E-state index contributed by atoms with van der Waals surface area (Å²) in [5.41, 5.74) is 1.42. The Hall–Kier alpha value is -2.55. The summed E-state index contributed by atoms with van der Waals surface area (Å²) in [5.74, 6) is 0.430. The second-order valence-corrected chi connectivity index (χ2v) is 8.24. The normalized spacial score (nSPS) is 15.0. The number of unbranched alkanes of at least 4 members (excludes halogenated alkanes) is 1. The Morgan fingerprint density at radius 2 is 1.76 bits per heavy atom. The average Bonchev–Trinajstić information content (AvgIpc) is 2.80. The van der Waals surface area contributed by atoms with Gasteiger partial charge in [-0.05, 0) is 61.9 Å². The largest absolute Gasteiger partial charge is 0.573 e. The number of para-hydroxylation sites is 1. The Labute approximate surface area is 195 Å². The van der Waals surface area contributed by atoms with Crippen molar-refractivity contribution in [3.8, 4) is 5.75 Å². The number of pyridine rings is 1.